The zero-order chi connectivity index (χ0) is 9.31. The first-order valence-corrected chi connectivity index (χ1v) is 5.28. The van der Waals surface area contributed by atoms with E-state index in [-0.39, 0.29) is 5.60 Å². The van der Waals surface area contributed by atoms with E-state index in [9.17, 15) is 0 Å². The topological polar surface area (TPSA) is 33.3 Å². The summed E-state index contributed by atoms with van der Waals surface area (Å²) < 4.78 is 5.87. The Morgan fingerprint density at radius 2 is 2.31 bits per heavy atom. The molecular weight excluding hydrogens is 164 g/mol. The highest BCUT2D eigenvalue weighted by Crippen LogP contribution is 2.23. The van der Waals surface area contributed by atoms with Crippen LogP contribution in [-0.2, 0) is 4.74 Å². The van der Waals surface area contributed by atoms with Crippen LogP contribution >= 0.6 is 0 Å². The van der Waals surface area contributed by atoms with E-state index in [0.29, 0.717) is 6.23 Å². The van der Waals surface area contributed by atoms with Crippen LogP contribution in [-0.4, -0.2) is 31.5 Å². The summed E-state index contributed by atoms with van der Waals surface area (Å²) in [6, 6.07) is 0. The third-order valence-electron chi connectivity index (χ3n) is 2.93. The van der Waals surface area contributed by atoms with Crippen molar-refractivity contribution in [3.63, 3.8) is 0 Å². The van der Waals surface area contributed by atoms with Gasteiger partial charge < -0.3 is 10.1 Å². The molecule has 2 fully saturated rings. The van der Waals surface area contributed by atoms with Crippen molar-refractivity contribution in [1.82, 2.24) is 10.6 Å². The Kier molecular flexibility index (Phi) is 2.58. The van der Waals surface area contributed by atoms with E-state index in [1.807, 2.05) is 0 Å². The van der Waals surface area contributed by atoms with Gasteiger partial charge in [-0.2, -0.15) is 0 Å². The van der Waals surface area contributed by atoms with Crippen LogP contribution in [0.25, 0.3) is 0 Å². The quantitative estimate of drug-likeness (QED) is 0.663. The van der Waals surface area contributed by atoms with Gasteiger partial charge in [-0.3, -0.25) is 5.32 Å². The van der Waals surface area contributed by atoms with E-state index >= 15 is 0 Å². The maximum absolute atomic E-state index is 5.87. The molecule has 2 rings (SSSR count). The van der Waals surface area contributed by atoms with Crippen molar-refractivity contribution in [3.8, 4) is 0 Å². The molecule has 0 aliphatic carbocycles. The van der Waals surface area contributed by atoms with Gasteiger partial charge in [-0.15, -0.1) is 0 Å². The molecule has 0 aromatic rings. The molecule has 0 spiro atoms. The summed E-state index contributed by atoms with van der Waals surface area (Å²) in [5, 5.41) is 6.81. The molecule has 2 aliphatic rings. The summed E-state index contributed by atoms with van der Waals surface area (Å²) in [6.07, 6.45) is 2.76. The van der Waals surface area contributed by atoms with Gasteiger partial charge in [-0.25, -0.2) is 0 Å². The second-order valence-corrected chi connectivity index (χ2v) is 4.84. The van der Waals surface area contributed by atoms with Gasteiger partial charge in [0.1, 0.15) is 6.23 Å². The van der Waals surface area contributed by atoms with E-state index in [1.165, 1.54) is 19.5 Å². The molecule has 0 aromatic carbocycles. The largest absolute Gasteiger partial charge is 0.356 e. The zero-order valence-electron chi connectivity index (χ0n) is 8.60. The van der Waals surface area contributed by atoms with Gasteiger partial charge in [-0.1, -0.05) is 0 Å². The number of rotatable bonds is 2. The highest BCUT2D eigenvalue weighted by molar-refractivity contribution is 4.84. The average Bonchev–Trinajstić information content (AvgIpc) is 2.61. The fourth-order valence-corrected chi connectivity index (χ4v) is 2.18. The van der Waals surface area contributed by atoms with Crippen LogP contribution in [0.5, 0.6) is 0 Å². The Bertz CT molecular complexity index is 176. The van der Waals surface area contributed by atoms with Crippen molar-refractivity contribution in [2.45, 2.75) is 38.5 Å². The fraction of sp³-hybridized carbons (Fsp3) is 1.00. The predicted octanol–water partition coefficient (Wildman–Crippen LogP) is 0.710. The highest BCUT2D eigenvalue weighted by Gasteiger charge is 2.32. The van der Waals surface area contributed by atoms with Crippen LogP contribution in [0.2, 0.25) is 0 Å². The summed E-state index contributed by atoms with van der Waals surface area (Å²) >= 11 is 0. The van der Waals surface area contributed by atoms with Crippen molar-refractivity contribution in [2.24, 2.45) is 5.92 Å². The van der Waals surface area contributed by atoms with Gasteiger partial charge in [0.2, 0.25) is 0 Å². The minimum Gasteiger partial charge on any atom is -0.356 e. The second kappa shape index (κ2) is 3.56. The molecule has 0 aromatic heterocycles. The lowest BCUT2D eigenvalue weighted by Gasteiger charge is -2.19. The average molecular weight is 184 g/mol. The van der Waals surface area contributed by atoms with E-state index in [2.05, 4.69) is 24.5 Å². The van der Waals surface area contributed by atoms with Crippen molar-refractivity contribution in [1.29, 1.82) is 0 Å². The summed E-state index contributed by atoms with van der Waals surface area (Å²) in [4.78, 5) is 0. The number of ether oxygens (including phenoxy) is 1. The normalized spacial score (nSPS) is 38.3. The van der Waals surface area contributed by atoms with Crippen molar-refractivity contribution in [3.05, 3.63) is 0 Å². The molecule has 0 radical (unpaired) electrons. The number of hydrogen-bond donors (Lipinski definition) is 2. The van der Waals surface area contributed by atoms with Crippen molar-refractivity contribution < 1.29 is 4.74 Å². The first-order chi connectivity index (χ1) is 6.16. The smallest absolute Gasteiger partial charge is 0.109 e. The Hall–Kier alpha value is -0.120. The van der Waals surface area contributed by atoms with Gasteiger partial charge in [0.05, 0.1) is 5.60 Å². The minimum atomic E-state index is 0.0384. The molecule has 0 amide bonds. The first-order valence-electron chi connectivity index (χ1n) is 5.28. The van der Waals surface area contributed by atoms with Crippen molar-refractivity contribution >= 4 is 0 Å². The molecule has 3 nitrogen and oxygen atoms in total. The van der Waals surface area contributed by atoms with Gasteiger partial charge in [0.25, 0.3) is 0 Å². The monoisotopic (exact) mass is 184 g/mol. The molecule has 2 N–H and O–H groups in total. The molecule has 2 atom stereocenters. The van der Waals surface area contributed by atoms with Crippen LogP contribution in [0, 0.1) is 5.92 Å². The SMILES string of the molecule is CC1(C)CNC(CC2CCNC2)O1. The van der Waals surface area contributed by atoms with Crippen LogP contribution in [0.4, 0.5) is 0 Å². The molecule has 0 saturated carbocycles. The Morgan fingerprint density at radius 1 is 1.46 bits per heavy atom. The highest BCUT2D eigenvalue weighted by atomic mass is 16.5. The molecular formula is C10H20N2O. The Labute approximate surface area is 80.2 Å². The minimum absolute atomic E-state index is 0.0384. The van der Waals surface area contributed by atoms with Gasteiger partial charge in [0.15, 0.2) is 0 Å². The van der Waals surface area contributed by atoms with Crippen LogP contribution < -0.4 is 10.6 Å². The number of hydrogen-bond acceptors (Lipinski definition) is 3. The van der Waals surface area contributed by atoms with E-state index in [0.717, 1.165) is 18.9 Å². The second-order valence-electron chi connectivity index (χ2n) is 4.84. The van der Waals surface area contributed by atoms with E-state index in [1.54, 1.807) is 0 Å². The molecule has 3 heteroatoms. The summed E-state index contributed by atoms with van der Waals surface area (Å²) in [6.45, 7) is 7.63. The Morgan fingerprint density at radius 3 is 2.85 bits per heavy atom. The molecule has 2 saturated heterocycles. The lowest BCUT2D eigenvalue weighted by Crippen LogP contribution is -2.26. The van der Waals surface area contributed by atoms with Crippen LogP contribution in [0.3, 0.4) is 0 Å². The lowest BCUT2D eigenvalue weighted by molar-refractivity contribution is -0.0235. The fourth-order valence-electron chi connectivity index (χ4n) is 2.18. The van der Waals surface area contributed by atoms with E-state index < -0.39 is 0 Å². The molecule has 0 bridgehead atoms. The summed E-state index contributed by atoms with van der Waals surface area (Å²) in [5.74, 6) is 0.811. The lowest BCUT2D eigenvalue weighted by atomic mass is 10.0. The Balaban J connectivity index is 1.77. The summed E-state index contributed by atoms with van der Waals surface area (Å²) in [5.41, 5.74) is 0.0384. The first kappa shape index (κ1) is 9.44. The molecule has 2 aliphatic heterocycles. The molecule has 76 valence electrons. The molecule has 2 heterocycles. The van der Waals surface area contributed by atoms with Gasteiger partial charge >= 0.3 is 0 Å². The third kappa shape index (κ3) is 2.42. The van der Waals surface area contributed by atoms with Gasteiger partial charge in [0, 0.05) is 6.54 Å². The van der Waals surface area contributed by atoms with Crippen molar-refractivity contribution in [2.75, 3.05) is 19.6 Å². The third-order valence-corrected chi connectivity index (χ3v) is 2.93. The number of nitrogens with one attached hydrogen (secondary N) is 2. The van der Waals surface area contributed by atoms with Crippen LogP contribution in [0.15, 0.2) is 0 Å². The standard InChI is InChI=1S/C10H20N2O/c1-10(2)7-12-9(13-10)5-8-3-4-11-6-8/h8-9,11-12H,3-7H2,1-2H3. The van der Waals surface area contributed by atoms with Crippen LogP contribution in [0.1, 0.15) is 26.7 Å². The molecule has 2 unspecified atom stereocenters. The predicted molar refractivity (Wildman–Crippen MR) is 52.5 cm³/mol. The maximum atomic E-state index is 5.87. The zero-order valence-corrected chi connectivity index (χ0v) is 8.60. The van der Waals surface area contributed by atoms with E-state index in [4.69, 9.17) is 4.74 Å². The maximum Gasteiger partial charge on any atom is 0.109 e. The molecule has 13 heavy (non-hydrogen) atoms. The van der Waals surface area contributed by atoms with Gasteiger partial charge in [-0.05, 0) is 45.7 Å². The summed E-state index contributed by atoms with van der Waals surface area (Å²) in [7, 11) is 0.